The quantitative estimate of drug-likeness (QED) is 0.795. The smallest absolute Gasteiger partial charge is 0.387 e. The predicted octanol–water partition coefficient (Wildman–Crippen LogP) is 2.11. The van der Waals surface area contributed by atoms with Crippen LogP contribution in [0.2, 0.25) is 0 Å². The number of halogens is 2. The van der Waals surface area contributed by atoms with Gasteiger partial charge in [0, 0.05) is 0 Å². The topological polar surface area (TPSA) is 47.6 Å². The average molecular weight is 259 g/mol. The van der Waals surface area contributed by atoms with E-state index in [-0.39, 0.29) is 5.75 Å². The molecule has 0 saturated heterocycles. The molecule has 0 aliphatic carbocycles. The molecule has 0 heterocycles. The van der Waals surface area contributed by atoms with Crippen molar-refractivity contribution in [2.45, 2.75) is 19.6 Å². The van der Waals surface area contributed by atoms with Gasteiger partial charge in [0.2, 0.25) is 0 Å². The van der Waals surface area contributed by atoms with Gasteiger partial charge in [0.25, 0.3) is 0 Å². The SMILES string of the molecule is CCNC(C(=O)OC)c1ccc(OC(F)F)cc1. The summed E-state index contributed by atoms with van der Waals surface area (Å²) in [6.45, 7) is -0.430. The van der Waals surface area contributed by atoms with E-state index in [1.54, 1.807) is 12.1 Å². The second kappa shape index (κ2) is 6.90. The lowest BCUT2D eigenvalue weighted by Crippen LogP contribution is -2.29. The molecule has 6 heteroatoms. The van der Waals surface area contributed by atoms with Gasteiger partial charge in [-0.3, -0.25) is 0 Å². The number of carbonyl (C=O) groups excluding carboxylic acids is 1. The van der Waals surface area contributed by atoms with Crippen LogP contribution in [-0.4, -0.2) is 26.2 Å². The molecule has 0 fully saturated rings. The van der Waals surface area contributed by atoms with Gasteiger partial charge in [0.15, 0.2) is 0 Å². The van der Waals surface area contributed by atoms with Crippen LogP contribution in [0.1, 0.15) is 18.5 Å². The Hall–Kier alpha value is -1.69. The molecule has 1 rings (SSSR count). The van der Waals surface area contributed by atoms with Gasteiger partial charge >= 0.3 is 12.6 Å². The minimum absolute atomic E-state index is 0.0499. The van der Waals surface area contributed by atoms with Crippen molar-refractivity contribution < 1.29 is 23.0 Å². The molecule has 100 valence electrons. The number of ether oxygens (including phenoxy) is 2. The van der Waals surface area contributed by atoms with Gasteiger partial charge in [0.1, 0.15) is 11.8 Å². The Morgan fingerprint density at radius 3 is 2.39 bits per heavy atom. The molecule has 0 aromatic heterocycles. The zero-order chi connectivity index (χ0) is 13.5. The van der Waals surface area contributed by atoms with Gasteiger partial charge in [-0.1, -0.05) is 19.1 Å². The summed E-state index contributed by atoms with van der Waals surface area (Å²) in [4.78, 5) is 11.5. The first-order chi connectivity index (χ1) is 8.58. The van der Waals surface area contributed by atoms with Gasteiger partial charge in [0.05, 0.1) is 7.11 Å². The maximum Gasteiger partial charge on any atom is 0.387 e. The largest absolute Gasteiger partial charge is 0.468 e. The fraction of sp³-hybridized carbons (Fsp3) is 0.417. The monoisotopic (exact) mass is 259 g/mol. The number of carbonyl (C=O) groups is 1. The van der Waals surface area contributed by atoms with Crippen molar-refractivity contribution in [2.75, 3.05) is 13.7 Å². The molecule has 1 unspecified atom stereocenters. The third kappa shape index (κ3) is 3.96. The van der Waals surface area contributed by atoms with Crippen LogP contribution in [0.25, 0.3) is 0 Å². The van der Waals surface area contributed by atoms with Crippen LogP contribution >= 0.6 is 0 Å². The van der Waals surface area contributed by atoms with E-state index in [1.165, 1.54) is 19.2 Å². The second-order valence-electron chi connectivity index (χ2n) is 3.46. The van der Waals surface area contributed by atoms with Gasteiger partial charge in [-0.25, -0.2) is 4.79 Å². The molecule has 18 heavy (non-hydrogen) atoms. The van der Waals surface area contributed by atoms with Gasteiger partial charge < -0.3 is 14.8 Å². The number of rotatable bonds is 6. The van der Waals surface area contributed by atoms with Crippen molar-refractivity contribution in [3.05, 3.63) is 29.8 Å². The molecule has 0 bridgehead atoms. The van der Waals surface area contributed by atoms with E-state index in [0.29, 0.717) is 12.1 Å². The van der Waals surface area contributed by atoms with Crippen molar-refractivity contribution in [3.8, 4) is 5.75 Å². The van der Waals surface area contributed by atoms with Crippen LogP contribution in [-0.2, 0) is 9.53 Å². The normalized spacial score (nSPS) is 12.3. The van der Waals surface area contributed by atoms with Crippen LogP contribution < -0.4 is 10.1 Å². The summed E-state index contributed by atoms with van der Waals surface area (Å²) < 4.78 is 32.8. The lowest BCUT2D eigenvalue weighted by atomic mass is 10.1. The highest BCUT2D eigenvalue weighted by atomic mass is 19.3. The Balaban J connectivity index is 2.83. The molecule has 0 spiro atoms. The average Bonchev–Trinajstić information content (AvgIpc) is 2.35. The van der Waals surface area contributed by atoms with E-state index < -0.39 is 18.6 Å². The number of benzene rings is 1. The number of methoxy groups -OCH3 is 1. The van der Waals surface area contributed by atoms with Crippen LogP contribution in [0.4, 0.5) is 8.78 Å². The molecular formula is C12H15F2NO3. The predicted molar refractivity (Wildman–Crippen MR) is 61.5 cm³/mol. The van der Waals surface area contributed by atoms with E-state index in [2.05, 4.69) is 14.8 Å². The van der Waals surface area contributed by atoms with Gasteiger partial charge in [-0.05, 0) is 24.2 Å². The second-order valence-corrected chi connectivity index (χ2v) is 3.46. The molecule has 1 aromatic rings. The highest BCUT2D eigenvalue weighted by Crippen LogP contribution is 2.20. The van der Waals surface area contributed by atoms with E-state index >= 15 is 0 Å². The number of alkyl halides is 2. The summed E-state index contributed by atoms with van der Waals surface area (Å²) in [5, 5.41) is 2.95. The van der Waals surface area contributed by atoms with E-state index in [0.717, 1.165) is 0 Å². The van der Waals surface area contributed by atoms with Gasteiger partial charge in [-0.15, -0.1) is 0 Å². The fourth-order valence-electron chi connectivity index (χ4n) is 1.50. The zero-order valence-electron chi connectivity index (χ0n) is 10.2. The van der Waals surface area contributed by atoms with E-state index in [9.17, 15) is 13.6 Å². The molecule has 1 aromatic carbocycles. The fourth-order valence-corrected chi connectivity index (χ4v) is 1.50. The van der Waals surface area contributed by atoms with Crippen LogP contribution in [0.5, 0.6) is 5.75 Å². The summed E-state index contributed by atoms with van der Waals surface area (Å²) in [6, 6.07) is 5.24. The van der Waals surface area contributed by atoms with Crippen molar-refractivity contribution >= 4 is 5.97 Å². The Morgan fingerprint density at radius 2 is 1.94 bits per heavy atom. The Labute approximate surface area is 104 Å². The van der Waals surface area contributed by atoms with Crippen LogP contribution in [0, 0.1) is 0 Å². The van der Waals surface area contributed by atoms with Gasteiger partial charge in [-0.2, -0.15) is 8.78 Å². The molecule has 1 N–H and O–H groups in total. The van der Waals surface area contributed by atoms with Crippen LogP contribution in [0.3, 0.4) is 0 Å². The van der Waals surface area contributed by atoms with E-state index in [4.69, 9.17) is 0 Å². The number of hydrogen-bond donors (Lipinski definition) is 1. The van der Waals surface area contributed by atoms with Crippen molar-refractivity contribution in [1.29, 1.82) is 0 Å². The minimum atomic E-state index is -2.86. The van der Waals surface area contributed by atoms with Crippen molar-refractivity contribution in [2.24, 2.45) is 0 Å². The molecule has 0 saturated carbocycles. The van der Waals surface area contributed by atoms with Crippen molar-refractivity contribution in [1.82, 2.24) is 5.32 Å². The molecule has 0 aliphatic rings. The lowest BCUT2D eigenvalue weighted by Gasteiger charge is -2.16. The number of likely N-dealkylation sites (N-methyl/N-ethyl adjacent to an activating group) is 1. The Kier molecular flexibility index (Phi) is 5.51. The summed E-state index contributed by atoms with van der Waals surface area (Å²) in [7, 11) is 1.29. The summed E-state index contributed by atoms with van der Waals surface area (Å²) in [6.07, 6.45) is 0. The summed E-state index contributed by atoms with van der Waals surface area (Å²) >= 11 is 0. The van der Waals surface area contributed by atoms with Crippen molar-refractivity contribution in [3.63, 3.8) is 0 Å². The maximum absolute atomic E-state index is 12.0. The lowest BCUT2D eigenvalue weighted by molar-refractivity contribution is -0.143. The highest BCUT2D eigenvalue weighted by molar-refractivity contribution is 5.77. The summed E-state index contributed by atoms with van der Waals surface area (Å²) in [5.74, 6) is -0.381. The Bertz CT molecular complexity index is 381. The standard InChI is InChI=1S/C12H15F2NO3/c1-3-15-10(11(16)17-2)8-4-6-9(7-5-8)18-12(13)14/h4-7,10,12,15H,3H2,1-2H3. The molecule has 1 atom stereocenters. The first kappa shape index (κ1) is 14.4. The molecule has 0 aliphatic heterocycles. The zero-order valence-corrected chi connectivity index (χ0v) is 10.2. The molecule has 0 radical (unpaired) electrons. The molecular weight excluding hydrogens is 244 g/mol. The third-order valence-electron chi connectivity index (χ3n) is 2.28. The molecule has 4 nitrogen and oxygen atoms in total. The minimum Gasteiger partial charge on any atom is -0.468 e. The number of nitrogens with one attached hydrogen (secondary N) is 1. The third-order valence-corrected chi connectivity index (χ3v) is 2.28. The van der Waals surface area contributed by atoms with Crippen LogP contribution in [0.15, 0.2) is 24.3 Å². The number of esters is 1. The number of hydrogen-bond acceptors (Lipinski definition) is 4. The first-order valence-electron chi connectivity index (χ1n) is 5.44. The summed E-state index contributed by atoms with van der Waals surface area (Å²) in [5.41, 5.74) is 0.630. The maximum atomic E-state index is 12.0. The first-order valence-corrected chi connectivity index (χ1v) is 5.44. The highest BCUT2D eigenvalue weighted by Gasteiger charge is 2.20. The molecule has 0 amide bonds. The Morgan fingerprint density at radius 1 is 1.33 bits per heavy atom. The van der Waals surface area contributed by atoms with E-state index in [1.807, 2.05) is 6.92 Å².